The zero-order valence-electron chi connectivity index (χ0n) is 13.2. The highest BCUT2D eigenvalue weighted by molar-refractivity contribution is 5.85. The molecule has 1 saturated carbocycles. The van der Waals surface area contributed by atoms with Crippen molar-refractivity contribution in [1.29, 1.82) is 0 Å². The molecule has 8 heteroatoms. The number of rotatable bonds is 3. The lowest BCUT2D eigenvalue weighted by Gasteiger charge is -2.17. The molecule has 1 fully saturated rings. The van der Waals surface area contributed by atoms with E-state index in [1.54, 1.807) is 6.92 Å². The lowest BCUT2D eigenvalue weighted by molar-refractivity contribution is 0.372. The van der Waals surface area contributed by atoms with Gasteiger partial charge in [0.1, 0.15) is 0 Å². The van der Waals surface area contributed by atoms with Gasteiger partial charge in [-0.1, -0.05) is 35.3 Å². The Balaban J connectivity index is 0.00000169. The third kappa shape index (κ3) is 2.81. The number of hydrogen-bond donors (Lipinski definition) is 1. The van der Waals surface area contributed by atoms with Gasteiger partial charge in [0.15, 0.2) is 11.6 Å². The summed E-state index contributed by atoms with van der Waals surface area (Å²) >= 11 is 0. The minimum Gasteiger partial charge on any atom is -0.334 e. The van der Waals surface area contributed by atoms with Gasteiger partial charge in [-0.3, -0.25) is 0 Å². The molecule has 0 radical (unpaired) electrons. The topological polar surface area (TPSA) is 104 Å². The first-order chi connectivity index (χ1) is 11.2. The van der Waals surface area contributed by atoms with Crippen LogP contribution in [0, 0.1) is 6.92 Å². The van der Waals surface area contributed by atoms with Gasteiger partial charge in [0.2, 0.25) is 0 Å². The molecule has 3 aromatic rings. The summed E-state index contributed by atoms with van der Waals surface area (Å²) in [5.41, 5.74) is 7.45. The van der Waals surface area contributed by atoms with E-state index in [1.165, 1.54) is 0 Å². The quantitative estimate of drug-likeness (QED) is 0.775. The average molecular weight is 348 g/mol. The Morgan fingerprint density at radius 1 is 0.958 bits per heavy atom. The van der Waals surface area contributed by atoms with Crippen LogP contribution < -0.4 is 5.73 Å². The Morgan fingerprint density at radius 3 is 2.12 bits per heavy atom. The van der Waals surface area contributed by atoms with Crippen LogP contribution in [-0.4, -0.2) is 20.3 Å². The minimum atomic E-state index is -0.474. The molecule has 4 rings (SSSR count). The summed E-state index contributed by atoms with van der Waals surface area (Å²) in [7, 11) is 0. The van der Waals surface area contributed by atoms with Gasteiger partial charge in [-0.25, -0.2) is 0 Å². The number of nitrogens with two attached hydrogens (primary N) is 1. The van der Waals surface area contributed by atoms with Crippen LogP contribution in [0.1, 0.15) is 37.3 Å². The smallest absolute Gasteiger partial charge is 0.258 e. The van der Waals surface area contributed by atoms with Crippen molar-refractivity contribution < 1.29 is 9.05 Å². The molecule has 0 aliphatic heterocycles. The zero-order valence-corrected chi connectivity index (χ0v) is 14.0. The molecule has 1 aliphatic rings. The van der Waals surface area contributed by atoms with E-state index in [9.17, 15) is 0 Å². The fourth-order valence-corrected chi connectivity index (χ4v) is 3.03. The van der Waals surface area contributed by atoms with E-state index in [4.69, 9.17) is 14.8 Å². The number of aromatic nitrogens is 4. The van der Waals surface area contributed by atoms with E-state index in [0.29, 0.717) is 23.4 Å². The maximum atomic E-state index is 6.40. The molecule has 1 aliphatic carbocycles. The first kappa shape index (κ1) is 16.6. The minimum absolute atomic E-state index is 0. The molecule has 0 atom stereocenters. The summed E-state index contributed by atoms with van der Waals surface area (Å²) < 4.78 is 10.7. The van der Waals surface area contributed by atoms with E-state index in [2.05, 4.69) is 20.3 Å². The van der Waals surface area contributed by atoms with Gasteiger partial charge >= 0.3 is 0 Å². The molecule has 2 aromatic heterocycles. The number of nitrogens with zero attached hydrogens (tertiary/aromatic N) is 4. The molecule has 0 unspecified atom stereocenters. The van der Waals surface area contributed by atoms with Crippen molar-refractivity contribution in [3.63, 3.8) is 0 Å². The van der Waals surface area contributed by atoms with Crippen LogP contribution in [0.3, 0.4) is 0 Å². The van der Waals surface area contributed by atoms with Crippen molar-refractivity contribution in [1.82, 2.24) is 20.3 Å². The number of benzene rings is 1. The summed E-state index contributed by atoms with van der Waals surface area (Å²) in [6, 6.07) is 7.58. The van der Waals surface area contributed by atoms with E-state index in [1.807, 2.05) is 24.3 Å². The third-order valence-corrected chi connectivity index (χ3v) is 4.28. The van der Waals surface area contributed by atoms with Crippen molar-refractivity contribution in [2.75, 3.05) is 0 Å². The largest absolute Gasteiger partial charge is 0.334 e. The Kier molecular flexibility index (Phi) is 4.38. The van der Waals surface area contributed by atoms with Crippen LogP contribution in [0.2, 0.25) is 0 Å². The van der Waals surface area contributed by atoms with Crippen molar-refractivity contribution in [3.05, 3.63) is 35.9 Å². The predicted octanol–water partition coefficient (Wildman–Crippen LogP) is 3.24. The fraction of sp³-hybridized carbons (Fsp3) is 0.375. The summed E-state index contributed by atoms with van der Waals surface area (Å²) in [6.45, 7) is 1.78. The molecular formula is C16H18ClN5O2. The fourth-order valence-electron chi connectivity index (χ4n) is 3.03. The zero-order chi connectivity index (χ0) is 15.9. The van der Waals surface area contributed by atoms with Gasteiger partial charge in [-0.2, -0.15) is 9.97 Å². The van der Waals surface area contributed by atoms with Gasteiger partial charge < -0.3 is 14.8 Å². The van der Waals surface area contributed by atoms with Crippen molar-refractivity contribution in [2.45, 2.75) is 38.1 Å². The van der Waals surface area contributed by atoms with Gasteiger partial charge in [0.25, 0.3) is 11.8 Å². The van der Waals surface area contributed by atoms with Crippen LogP contribution in [-0.2, 0) is 5.54 Å². The Hall–Kier alpha value is -2.25. The summed E-state index contributed by atoms with van der Waals surface area (Å²) in [6.07, 6.45) is 3.96. The molecule has 1 aromatic carbocycles. The van der Waals surface area contributed by atoms with E-state index in [0.717, 1.165) is 36.8 Å². The second-order valence-corrected chi connectivity index (χ2v) is 5.98. The molecule has 0 saturated heterocycles. The van der Waals surface area contributed by atoms with E-state index < -0.39 is 5.54 Å². The van der Waals surface area contributed by atoms with Gasteiger partial charge in [-0.15, -0.1) is 12.4 Å². The number of aryl methyl sites for hydroxylation is 1. The summed E-state index contributed by atoms with van der Waals surface area (Å²) in [5, 5.41) is 7.94. The van der Waals surface area contributed by atoms with Crippen LogP contribution >= 0.6 is 12.4 Å². The first-order valence-corrected chi connectivity index (χ1v) is 7.69. The van der Waals surface area contributed by atoms with E-state index >= 15 is 0 Å². The van der Waals surface area contributed by atoms with Crippen molar-refractivity contribution >= 4 is 12.4 Å². The van der Waals surface area contributed by atoms with Crippen molar-refractivity contribution in [2.24, 2.45) is 5.73 Å². The second-order valence-electron chi connectivity index (χ2n) is 5.98. The molecule has 0 bridgehead atoms. The highest BCUT2D eigenvalue weighted by Gasteiger charge is 2.36. The van der Waals surface area contributed by atoms with Crippen LogP contribution in [0.25, 0.3) is 22.9 Å². The summed E-state index contributed by atoms with van der Waals surface area (Å²) in [4.78, 5) is 8.81. The maximum absolute atomic E-state index is 6.40. The molecule has 0 amide bonds. The lowest BCUT2D eigenvalue weighted by Crippen LogP contribution is -2.34. The predicted molar refractivity (Wildman–Crippen MR) is 89.3 cm³/mol. The first-order valence-electron chi connectivity index (χ1n) is 7.69. The highest BCUT2D eigenvalue weighted by Crippen LogP contribution is 2.36. The molecule has 2 heterocycles. The molecule has 2 N–H and O–H groups in total. The standard InChI is InChI=1S/C16H17N5O2.ClH/c1-10-18-13(22-20-10)11-6-2-3-7-12(11)14-19-15(21-23-14)16(17)8-4-5-9-16;/h2-3,6-7H,4-5,8-9,17H2,1H3;1H. The number of halogens is 1. The number of hydrogen-bond acceptors (Lipinski definition) is 7. The normalized spacial score (nSPS) is 16.1. The van der Waals surface area contributed by atoms with Gasteiger partial charge in [-0.05, 0) is 31.9 Å². The van der Waals surface area contributed by atoms with Crippen LogP contribution in [0.5, 0.6) is 0 Å². The second kappa shape index (κ2) is 6.33. The Bertz CT molecular complexity index is 838. The molecule has 24 heavy (non-hydrogen) atoms. The van der Waals surface area contributed by atoms with Gasteiger partial charge in [0.05, 0.1) is 16.7 Å². The Morgan fingerprint density at radius 2 is 1.54 bits per heavy atom. The average Bonchev–Trinajstić information content (AvgIpc) is 3.28. The molecular weight excluding hydrogens is 330 g/mol. The highest BCUT2D eigenvalue weighted by atomic mass is 35.5. The van der Waals surface area contributed by atoms with Crippen molar-refractivity contribution in [3.8, 4) is 22.9 Å². The van der Waals surface area contributed by atoms with Crippen LogP contribution in [0.15, 0.2) is 33.3 Å². The SMILES string of the molecule is Cc1noc(-c2ccccc2-c2nc(C3(N)CCCC3)no2)n1.Cl. The van der Waals surface area contributed by atoms with Gasteiger partial charge in [0, 0.05) is 0 Å². The maximum Gasteiger partial charge on any atom is 0.258 e. The Labute approximate surface area is 145 Å². The van der Waals surface area contributed by atoms with Crippen LogP contribution in [0.4, 0.5) is 0 Å². The summed E-state index contributed by atoms with van der Waals surface area (Å²) in [5.74, 6) is 2.00. The molecule has 7 nitrogen and oxygen atoms in total. The lowest BCUT2D eigenvalue weighted by atomic mass is 9.98. The molecule has 0 spiro atoms. The monoisotopic (exact) mass is 347 g/mol. The van der Waals surface area contributed by atoms with E-state index in [-0.39, 0.29) is 12.4 Å². The molecule has 126 valence electrons. The third-order valence-electron chi connectivity index (χ3n) is 4.28.